The number of rotatable bonds is 4. The average molecular weight is 227 g/mol. The normalized spacial score (nSPS) is 26.2. The fourth-order valence-electron chi connectivity index (χ4n) is 2.75. The second-order valence-corrected chi connectivity index (χ2v) is 4.70. The summed E-state index contributed by atoms with van der Waals surface area (Å²) in [5.41, 5.74) is 0. The number of aliphatic hydroxyl groups excluding tert-OH is 1. The van der Waals surface area contributed by atoms with Crippen LogP contribution in [0.15, 0.2) is 0 Å². The molecule has 0 aromatic rings. The van der Waals surface area contributed by atoms with Crippen LogP contribution >= 0.6 is 0 Å². The highest BCUT2D eigenvalue weighted by atomic mass is 16.5. The van der Waals surface area contributed by atoms with Crippen molar-refractivity contribution >= 4 is 5.91 Å². The van der Waals surface area contributed by atoms with Crippen LogP contribution in [-0.4, -0.2) is 47.8 Å². The molecule has 0 aromatic carbocycles. The second-order valence-electron chi connectivity index (χ2n) is 4.70. The van der Waals surface area contributed by atoms with Crippen molar-refractivity contribution in [3.8, 4) is 0 Å². The van der Waals surface area contributed by atoms with E-state index in [9.17, 15) is 4.79 Å². The number of nitrogens with zero attached hydrogens (tertiary/aromatic N) is 1. The molecule has 4 nitrogen and oxygen atoms in total. The Morgan fingerprint density at radius 1 is 1.25 bits per heavy atom. The molecule has 1 saturated carbocycles. The van der Waals surface area contributed by atoms with Gasteiger partial charge in [-0.25, -0.2) is 0 Å². The van der Waals surface area contributed by atoms with Crippen LogP contribution in [-0.2, 0) is 9.53 Å². The molecule has 1 N–H and O–H groups in total. The Labute approximate surface area is 96.6 Å². The highest BCUT2D eigenvalue weighted by Crippen LogP contribution is 2.25. The zero-order valence-corrected chi connectivity index (χ0v) is 9.73. The molecule has 92 valence electrons. The van der Waals surface area contributed by atoms with Crippen LogP contribution in [0, 0.1) is 0 Å². The standard InChI is InChI=1S/C12H21NO3/c14-8-7-13(10-4-1-2-5-10)12(15)11-6-3-9-16-11/h10-11,14H,1-9H2/t11-/m1/s1. The Bertz CT molecular complexity index is 232. The predicted octanol–water partition coefficient (Wildman–Crippen LogP) is 0.929. The lowest BCUT2D eigenvalue weighted by Gasteiger charge is -2.30. The first-order valence-corrected chi connectivity index (χ1v) is 6.36. The predicted molar refractivity (Wildman–Crippen MR) is 60.0 cm³/mol. The van der Waals surface area contributed by atoms with Gasteiger partial charge in [0, 0.05) is 19.2 Å². The molecular formula is C12H21NO3. The van der Waals surface area contributed by atoms with Gasteiger partial charge < -0.3 is 14.7 Å². The average Bonchev–Trinajstić information content (AvgIpc) is 2.96. The second kappa shape index (κ2) is 5.64. The van der Waals surface area contributed by atoms with E-state index in [4.69, 9.17) is 9.84 Å². The van der Waals surface area contributed by atoms with Crippen molar-refractivity contribution in [1.82, 2.24) is 4.90 Å². The number of amides is 1. The van der Waals surface area contributed by atoms with Crippen LogP contribution in [0.4, 0.5) is 0 Å². The van der Waals surface area contributed by atoms with E-state index in [0.29, 0.717) is 19.2 Å². The maximum atomic E-state index is 12.2. The first-order chi connectivity index (χ1) is 7.83. The van der Waals surface area contributed by atoms with Crippen LogP contribution in [0.5, 0.6) is 0 Å². The quantitative estimate of drug-likeness (QED) is 0.777. The van der Waals surface area contributed by atoms with Gasteiger partial charge >= 0.3 is 0 Å². The van der Waals surface area contributed by atoms with Crippen LogP contribution < -0.4 is 0 Å². The van der Waals surface area contributed by atoms with Gasteiger partial charge in [-0.15, -0.1) is 0 Å². The smallest absolute Gasteiger partial charge is 0.252 e. The van der Waals surface area contributed by atoms with Crippen molar-refractivity contribution in [2.75, 3.05) is 19.8 Å². The molecule has 1 atom stereocenters. The first kappa shape index (κ1) is 11.9. The fourth-order valence-corrected chi connectivity index (χ4v) is 2.75. The Morgan fingerprint density at radius 3 is 2.56 bits per heavy atom. The van der Waals surface area contributed by atoms with Crippen LogP contribution in [0.3, 0.4) is 0 Å². The van der Waals surface area contributed by atoms with Gasteiger partial charge in [-0.2, -0.15) is 0 Å². The number of ether oxygens (including phenoxy) is 1. The zero-order valence-electron chi connectivity index (χ0n) is 9.73. The third-order valence-corrected chi connectivity index (χ3v) is 3.59. The van der Waals surface area contributed by atoms with E-state index >= 15 is 0 Å². The van der Waals surface area contributed by atoms with E-state index < -0.39 is 0 Å². The lowest BCUT2D eigenvalue weighted by atomic mass is 10.1. The minimum absolute atomic E-state index is 0.0506. The molecule has 1 aliphatic carbocycles. The monoisotopic (exact) mass is 227 g/mol. The van der Waals surface area contributed by atoms with Gasteiger partial charge in [0.05, 0.1) is 6.61 Å². The van der Waals surface area contributed by atoms with E-state index in [2.05, 4.69) is 0 Å². The highest BCUT2D eigenvalue weighted by molar-refractivity contribution is 5.81. The van der Waals surface area contributed by atoms with Crippen molar-refractivity contribution in [2.24, 2.45) is 0 Å². The van der Waals surface area contributed by atoms with E-state index in [0.717, 1.165) is 25.7 Å². The maximum Gasteiger partial charge on any atom is 0.252 e. The van der Waals surface area contributed by atoms with Crippen LogP contribution in [0.2, 0.25) is 0 Å². The van der Waals surface area contributed by atoms with Gasteiger partial charge in [-0.05, 0) is 25.7 Å². The van der Waals surface area contributed by atoms with Gasteiger partial charge in [-0.1, -0.05) is 12.8 Å². The Balaban J connectivity index is 1.96. The van der Waals surface area contributed by atoms with E-state index in [-0.39, 0.29) is 18.6 Å². The number of hydrogen-bond donors (Lipinski definition) is 1. The van der Waals surface area contributed by atoms with Crippen molar-refractivity contribution < 1.29 is 14.6 Å². The Kier molecular flexibility index (Phi) is 4.18. The topological polar surface area (TPSA) is 49.8 Å². The summed E-state index contributed by atoms with van der Waals surface area (Å²) in [7, 11) is 0. The number of aliphatic hydroxyl groups is 1. The summed E-state index contributed by atoms with van der Waals surface area (Å²) in [6, 6.07) is 0.337. The molecule has 4 heteroatoms. The van der Waals surface area contributed by atoms with Gasteiger partial charge in [-0.3, -0.25) is 4.79 Å². The number of carbonyl (C=O) groups excluding carboxylic acids is 1. The zero-order chi connectivity index (χ0) is 11.4. The molecule has 16 heavy (non-hydrogen) atoms. The molecular weight excluding hydrogens is 206 g/mol. The van der Waals surface area contributed by atoms with Crippen molar-refractivity contribution in [1.29, 1.82) is 0 Å². The minimum atomic E-state index is -0.243. The lowest BCUT2D eigenvalue weighted by Crippen LogP contribution is -2.45. The SMILES string of the molecule is O=C([C@H]1CCCO1)N(CCO)C1CCCC1. The van der Waals surface area contributed by atoms with Crippen molar-refractivity contribution in [3.05, 3.63) is 0 Å². The van der Waals surface area contributed by atoms with Gasteiger partial charge in [0.2, 0.25) is 0 Å². The minimum Gasteiger partial charge on any atom is -0.395 e. The summed E-state index contributed by atoms with van der Waals surface area (Å²) in [6.07, 6.45) is 6.14. The molecule has 0 spiro atoms. The number of hydrogen-bond acceptors (Lipinski definition) is 3. The third-order valence-electron chi connectivity index (χ3n) is 3.59. The Morgan fingerprint density at radius 2 is 2.00 bits per heavy atom. The summed E-state index contributed by atoms with van der Waals surface area (Å²) >= 11 is 0. The summed E-state index contributed by atoms with van der Waals surface area (Å²) in [6.45, 7) is 1.21. The molecule has 1 aliphatic heterocycles. The third kappa shape index (κ3) is 2.55. The van der Waals surface area contributed by atoms with E-state index in [1.165, 1.54) is 12.8 Å². The van der Waals surface area contributed by atoms with Gasteiger partial charge in [0.25, 0.3) is 5.91 Å². The first-order valence-electron chi connectivity index (χ1n) is 6.36. The molecule has 0 radical (unpaired) electrons. The highest BCUT2D eigenvalue weighted by Gasteiger charge is 2.33. The van der Waals surface area contributed by atoms with Gasteiger partial charge in [0.15, 0.2) is 0 Å². The van der Waals surface area contributed by atoms with Gasteiger partial charge in [0.1, 0.15) is 6.10 Å². The van der Waals surface area contributed by atoms with Crippen LogP contribution in [0.1, 0.15) is 38.5 Å². The largest absolute Gasteiger partial charge is 0.395 e. The molecule has 0 unspecified atom stereocenters. The molecule has 0 bridgehead atoms. The molecule has 2 rings (SSSR count). The molecule has 1 amide bonds. The molecule has 2 fully saturated rings. The fraction of sp³-hybridized carbons (Fsp3) is 0.917. The summed E-state index contributed by atoms with van der Waals surface area (Å²) < 4.78 is 5.43. The molecule has 1 saturated heterocycles. The molecule has 2 aliphatic rings. The van der Waals surface area contributed by atoms with Crippen molar-refractivity contribution in [3.63, 3.8) is 0 Å². The summed E-state index contributed by atoms with van der Waals surface area (Å²) in [5, 5.41) is 9.05. The Hall–Kier alpha value is -0.610. The van der Waals surface area contributed by atoms with Crippen LogP contribution in [0.25, 0.3) is 0 Å². The summed E-state index contributed by atoms with van der Waals surface area (Å²) in [5.74, 6) is 0.0958. The van der Waals surface area contributed by atoms with Crippen molar-refractivity contribution in [2.45, 2.75) is 50.7 Å². The molecule has 1 heterocycles. The molecule has 0 aromatic heterocycles. The summed E-state index contributed by atoms with van der Waals surface area (Å²) in [4.78, 5) is 14.1. The van der Waals surface area contributed by atoms with E-state index in [1.54, 1.807) is 0 Å². The maximum absolute atomic E-state index is 12.2. The lowest BCUT2D eigenvalue weighted by molar-refractivity contribution is -0.143. The number of carbonyl (C=O) groups is 1. The van der Waals surface area contributed by atoms with E-state index in [1.807, 2.05) is 4.90 Å².